The van der Waals surface area contributed by atoms with Crippen molar-refractivity contribution in [2.45, 2.75) is 19.3 Å². The molecule has 100 valence electrons. The molecule has 1 aliphatic heterocycles. The number of hydrogen-bond acceptors (Lipinski definition) is 2. The van der Waals surface area contributed by atoms with Crippen molar-refractivity contribution < 1.29 is 4.74 Å². The SMILES string of the molecule is COc1ccc2cc(C(C)C3CCNC3)ccc2c1. The van der Waals surface area contributed by atoms with Crippen molar-refractivity contribution in [2.24, 2.45) is 5.92 Å². The molecule has 2 aromatic rings. The highest BCUT2D eigenvalue weighted by Gasteiger charge is 2.22. The average Bonchev–Trinajstić information content (AvgIpc) is 2.99. The molecule has 1 saturated heterocycles. The zero-order valence-electron chi connectivity index (χ0n) is 11.6. The molecule has 0 spiro atoms. The smallest absolute Gasteiger partial charge is 0.119 e. The van der Waals surface area contributed by atoms with Gasteiger partial charge in [-0.25, -0.2) is 0 Å². The summed E-state index contributed by atoms with van der Waals surface area (Å²) in [6.45, 7) is 4.67. The van der Waals surface area contributed by atoms with Gasteiger partial charge in [0.05, 0.1) is 7.11 Å². The van der Waals surface area contributed by atoms with Crippen LogP contribution < -0.4 is 10.1 Å². The fraction of sp³-hybridized carbons (Fsp3) is 0.412. The van der Waals surface area contributed by atoms with Crippen LogP contribution in [0.2, 0.25) is 0 Å². The van der Waals surface area contributed by atoms with E-state index in [1.54, 1.807) is 7.11 Å². The molecule has 19 heavy (non-hydrogen) atoms. The van der Waals surface area contributed by atoms with Crippen LogP contribution in [0.1, 0.15) is 24.8 Å². The highest BCUT2D eigenvalue weighted by Crippen LogP contribution is 2.31. The summed E-state index contributed by atoms with van der Waals surface area (Å²) >= 11 is 0. The lowest BCUT2D eigenvalue weighted by Crippen LogP contribution is -2.14. The first-order valence-electron chi connectivity index (χ1n) is 7.06. The van der Waals surface area contributed by atoms with Crippen LogP contribution in [0, 0.1) is 5.92 Å². The summed E-state index contributed by atoms with van der Waals surface area (Å²) in [7, 11) is 1.71. The van der Waals surface area contributed by atoms with Crippen LogP contribution >= 0.6 is 0 Å². The van der Waals surface area contributed by atoms with E-state index in [1.165, 1.54) is 29.3 Å². The van der Waals surface area contributed by atoms with E-state index >= 15 is 0 Å². The Balaban J connectivity index is 1.92. The number of rotatable bonds is 3. The average molecular weight is 255 g/mol. The molecule has 1 N–H and O–H groups in total. The van der Waals surface area contributed by atoms with Crippen molar-refractivity contribution in [3.05, 3.63) is 42.0 Å². The van der Waals surface area contributed by atoms with Gasteiger partial charge < -0.3 is 10.1 Å². The Morgan fingerprint density at radius 3 is 2.68 bits per heavy atom. The molecule has 1 fully saturated rings. The van der Waals surface area contributed by atoms with Gasteiger partial charge in [-0.3, -0.25) is 0 Å². The summed E-state index contributed by atoms with van der Waals surface area (Å²) in [5.41, 5.74) is 1.45. The largest absolute Gasteiger partial charge is 0.497 e. The fourth-order valence-electron chi connectivity index (χ4n) is 3.03. The molecule has 0 bridgehead atoms. The zero-order valence-corrected chi connectivity index (χ0v) is 11.6. The predicted octanol–water partition coefficient (Wildman–Crippen LogP) is 3.56. The molecule has 2 heteroatoms. The van der Waals surface area contributed by atoms with Crippen molar-refractivity contribution in [2.75, 3.05) is 20.2 Å². The van der Waals surface area contributed by atoms with Crippen LogP contribution in [0.15, 0.2) is 36.4 Å². The Bertz CT molecular complexity index is 572. The third-order valence-corrected chi connectivity index (χ3v) is 4.40. The maximum Gasteiger partial charge on any atom is 0.119 e. The number of ether oxygens (including phenoxy) is 1. The van der Waals surface area contributed by atoms with Gasteiger partial charge in [-0.15, -0.1) is 0 Å². The van der Waals surface area contributed by atoms with Gasteiger partial charge in [0.1, 0.15) is 5.75 Å². The summed E-state index contributed by atoms with van der Waals surface area (Å²) in [5, 5.41) is 6.01. The second-order valence-corrected chi connectivity index (χ2v) is 5.51. The molecule has 1 heterocycles. The van der Waals surface area contributed by atoms with Crippen molar-refractivity contribution in [1.82, 2.24) is 5.32 Å². The van der Waals surface area contributed by atoms with Crippen molar-refractivity contribution in [3.8, 4) is 5.75 Å². The summed E-state index contributed by atoms with van der Waals surface area (Å²) in [6.07, 6.45) is 1.29. The van der Waals surface area contributed by atoms with Gasteiger partial charge in [-0.1, -0.05) is 31.2 Å². The van der Waals surface area contributed by atoms with Crippen molar-refractivity contribution >= 4 is 10.8 Å². The van der Waals surface area contributed by atoms with E-state index in [4.69, 9.17) is 4.74 Å². The third kappa shape index (κ3) is 2.45. The van der Waals surface area contributed by atoms with E-state index in [9.17, 15) is 0 Å². The minimum absolute atomic E-state index is 0.626. The van der Waals surface area contributed by atoms with Crippen LogP contribution in [-0.4, -0.2) is 20.2 Å². The molecule has 0 aromatic heterocycles. The molecule has 2 aromatic carbocycles. The number of benzene rings is 2. The Kier molecular flexibility index (Phi) is 3.43. The minimum atomic E-state index is 0.626. The topological polar surface area (TPSA) is 21.3 Å². The first kappa shape index (κ1) is 12.5. The highest BCUT2D eigenvalue weighted by molar-refractivity contribution is 5.84. The highest BCUT2D eigenvalue weighted by atomic mass is 16.5. The Morgan fingerprint density at radius 2 is 1.95 bits per heavy atom. The Morgan fingerprint density at radius 1 is 1.16 bits per heavy atom. The maximum absolute atomic E-state index is 5.27. The predicted molar refractivity (Wildman–Crippen MR) is 79.9 cm³/mol. The first-order chi connectivity index (χ1) is 9.28. The number of nitrogens with one attached hydrogen (secondary N) is 1. The van der Waals surface area contributed by atoms with Gasteiger partial charge in [-0.05, 0) is 59.8 Å². The number of methoxy groups -OCH3 is 1. The van der Waals surface area contributed by atoms with E-state index in [2.05, 4.69) is 42.6 Å². The normalized spacial score (nSPS) is 20.6. The first-order valence-corrected chi connectivity index (χ1v) is 7.06. The standard InChI is InChI=1S/C17H21NO/c1-12(16-7-8-18-11-16)13-3-4-15-10-17(19-2)6-5-14(15)9-13/h3-6,9-10,12,16,18H,7-8,11H2,1-2H3. The van der Waals surface area contributed by atoms with E-state index in [-0.39, 0.29) is 0 Å². The van der Waals surface area contributed by atoms with Gasteiger partial charge >= 0.3 is 0 Å². The molecule has 2 nitrogen and oxygen atoms in total. The molecule has 0 aliphatic carbocycles. The molecule has 3 rings (SSSR count). The second-order valence-electron chi connectivity index (χ2n) is 5.51. The quantitative estimate of drug-likeness (QED) is 0.905. The molecule has 0 amide bonds. The van der Waals surface area contributed by atoms with Gasteiger partial charge in [0, 0.05) is 0 Å². The lowest BCUT2D eigenvalue weighted by molar-refractivity contribution is 0.415. The van der Waals surface area contributed by atoms with Crippen LogP contribution in [-0.2, 0) is 0 Å². The van der Waals surface area contributed by atoms with Crippen molar-refractivity contribution in [3.63, 3.8) is 0 Å². The second kappa shape index (κ2) is 5.22. The van der Waals surface area contributed by atoms with E-state index < -0.39 is 0 Å². The van der Waals surface area contributed by atoms with Gasteiger partial charge in [0.15, 0.2) is 0 Å². The van der Waals surface area contributed by atoms with Crippen LogP contribution in [0.25, 0.3) is 10.8 Å². The summed E-state index contributed by atoms with van der Waals surface area (Å²) in [5.74, 6) is 2.32. The van der Waals surface area contributed by atoms with E-state index in [1.807, 2.05) is 6.07 Å². The molecule has 2 unspecified atom stereocenters. The molecule has 1 aliphatic rings. The number of fused-ring (bicyclic) bond motifs is 1. The van der Waals surface area contributed by atoms with Crippen LogP contribution in [0.3, 0.4) is 0 Å². The molecular weight excluding hydrogens is 234 g/mol. The maximum atomic E-state index is 5.27. The van der Waals surface area contributed by atoms with E-state index in [0.717, 1.165) is 18.2 Å². The molecule has 0 saturated carbocycles. The summed E-state index contributed by atoms with van der Waals surface area (Å²) < 4.78 is 5.27. The number of hydrogen-bond donors (Lipinski definition) is 1. The lowest BCUT2D eigenvalue weighted by atomic mass is 9.86. The third-order valence-electron chi connectivity index (χ3n) is 4.40. The van der Waals surface area contributed by atoms with Crippen molar-refractivity contribution in [1.29, 1.82) is 0 Å². The molecule has 0 radical (unpaired) electrons. The summed E-state index contributed by atoms with van der Waals surface area (Å²) in [4.78, 5) is 0. The fourth-order valence-corrected chi connectivity index (χ4v) is 3.03. The van der Waals surface area contributed by atoms with Gasteiger partial charge in [-0.2, -0.15) is 0 Å². The Hall–Kier alpha value is -1.54. The zero-order chi connectivity index (χ0) is 13.2. The van der Waals surface area contributed by atoms with Crippen LogP contribution in [0.5, 0.6) is 5.75 Å². The Labute approximate surface area is 114 Å². The summed E-state index contributed by atoms with van der Waals surface area (Å²) in [6, 6.07) is 13.1. The van der Waals surface area contributed by atoms with Crippen LogP contribution in [0.4, 0.5) is 0 Å². The van der Waals surface area contributed by atoms with Gasteiger partial charge in [0.2, 0.25) is 0 Å². The van der Waals surface area contributed by atoms with Gasteiger partial charge in [0.25, 0.3) is 0 Å². The van der Waals surface area contributed by atoms with E-state index in [0.29, 0.717) is 5.92 Å². The lowest BCUT2D eigenvalue weighted by Gasteiger charge is -2.19. The molecular formula is C17H21NO. The monoisotopic (exact) mass is 255 g/mol. The molecule has 2 atom stereocenters. The minimum Gasteiger partial charge on any atom is -0.497 e.